The van der Waals surface area contributed by atoms with Gasteiger partial charge in [0.2, 0.25) is 11.8 Å². The monoisotopic (exact) mass is 486 g/mol. The van der Waals surface area contributed by atoms with E-state index in [0.29, 0.717) is 45.7 Å². The second-order valence-corrected chi connectivity index (χ2v) is 8.67. The molecule has 4 rings (SSSR count). The van der Waals surface area contributed by atoms with Crippen LogP contribution >= 0.6 is 15.9 Å². The van der Waals surface area contributed by atoms with Crippen LogP contribution in [0, 0.1) is 16.0 Å². The molecule has 8 nitrogen and oxygen atoms in total. The standard InChI is InChI=1S/C22H23BrN4O4/c23-19-6-1-2-7-20(19)26-9-8-18(22(26)29)21(28)25-12-10-24(11-13-25)15-16-4-3-5-17(14-16)27(30)31/h1-7,14,18H,8-13,15H2. The summed E-state index contributed by atoms with van der Waals surface area (Å²) in [5.74, 6) is -0.874. The zero-order valence-electron chi connectivity index (χ0n) is 16.9. The van der Waals surface area contributed by atoms with Crippen LogP contribution in [0.3, 0.4) is 0 Å². The summed E-state index contributed by atoms with van der Waals surface area (Å²) >= 11 is 3.48. The van der Waals surface area contributed by atoms with Gasteiger partial charge in [-0.05, 0) is 40.0 Å². The predicted molar refractivity (Wildman–Crippen MR) is 120 cm³/mol. The van der Waals surface area contributed by atoms with E-state index in [1.807, 2.05) is 30.3 Å². The molecule has 2 aromatic carbocycles. The third-order valence-electron chi connectivity index (χ3n) is 5.86. The minimum absolute atomic E-state index is 0.0840. The molecule has 2 aliphatic heterocycles. The van der Waals surface area contributed by atoms with Crippen molar-refractivity contribution in [2.75, 3.05) is 37.6 Å². The first-order valence-electron chi connectivity index (χ1n) is 10.2. The summed E-state index contributed by atoms with van der Waals surface area (Å²) in [6.07, 6.45) is 0.521. The third-order valence-corrected chi connectivity index (χ3v) is 6.53. The van der Waals surface area contributed by atoms with Crippen LogP contribution in [0.1, 0.15) is 12.0 Å². The van der Waals surface area contributed by atoms with Crippen molar-refractivity contribution in [1.82, 2.24) is 9.80 Å². The lowest BCUT2D eigenvalue weighted by Crippen LogP contribution is -2.51. The van der Waals surface area contributed by atoms with Crippen molar-refractivity contribution in [3.63, 3.8) is 0 Å². The van der Waals surface area contributed by atoms with E-state index >= 15 is 0 Å². The van der Waals surface area contributed by atoms with Gasteiger partial charge in [-0.1, -0.05) is 24.3 Å². The molecule has 0 aromatic heterocycles. The number of para-hydroxylation sites is 1. The third kappa shape index (κ3) is 4.62. The molecule has 0 bridgehead atoms. The number of benzene rings is 2. The van der Waals surface area contributed by atoms with Crippen molar-refractivity contribution in [2.24, 2.45) is 5.92 Å². The van der Waals surface area contributed by atoms with Gasteiger partial charge < -0.3 is 9.80 Å². The maximum Gasteiger partial charge on any atom is 0.269 e. The molecular weight excluding hydrogens is 464 g/mol. The molecular formula is C22H23BrN4O4. The molecule has 1 atom stereocenters. The Labute approximate surface area is 188 Å². The van der Waals surface area contributed by atoms with Crippen LogP contribution in [0.2, 0.25) is 0 Å². The minimum atomic E-state index is -0.629. The lowest BCUT2D eigenvalue weighted by Gasteiger charge is -2.35. The molecule has 2 fully saturated rings. The van der Waals surface area contributed by atoms with Gasteiger partial charge in [-0.2, -0.15) is 0 Å². The van der Waals surface area contributed by atoms with E-state index in [9.17, 15) is 19.7 Å². The maximum absolute atomic E-state index is 13.0. The van der Waals surface area contributed by atoms with Gasteiger partial charge in [0.25, 0.3) is 5.69 Å². The molecule has 31 heavy (non-hydrogen) atoms. The number of carbonyl (C=O) groups excluding carboxylic acids is 2. The number of hydrogen-bond donors (Lipinski definition) is 0. The van der Waals surface area contributed by atoms with Gasteiger partial charge in [0.1, 0.15) is 5.92 Å². The van der Waals surface area contributed by atoms with E-state index in [0.717, 1.165) is 15.7 Å². The summed E-state index contributed by atoms with van der Waals surface area (Å²) in [7, 11) is 0. The molecule has 0 N–H and O–H groups in total. The molecule has 2 amide bonds. The predicted octanol–water partition coefficient (Wildman–Crippen LogP) is 3.05. The van der Waals surface area contributed by atoms with Crippen molar-refractivity contribution >= 4 is 39.1 Å². The number of nitro groups is 1. The van der Waals surface area contributed by atoms with Crippen molar-refractivity contribution in [3.8, 4) is 0 Å². The zero-order valence-corrected chi connectivity index (χ0v) is 18.5. The van der Waals surface area contributed by atoms with Crippen LogP contribution in [0.15, 0.2) is 53.0 Å². The van der Waals surface area contributed by atoms with Gasteiger partial charge in [-0.15, -0.1) is 0 Å². The maximum atomic E-state index is 13.0. The highest BCUT2D eigenvalue weighted by Crippen LogP contribution is 2.32. The number of piperazine rings is 1. The number of rotatable bonds is 5. The fourth-order valence-corrected chi connectivity index (χ4v) is 4.69. The normalized spacial score (nSPS) is 19.6. The van der Waals surface area contributed by atoms with Gasteiger partial charge in [0.15, 0.2) is 0 Å². The van der Waals surface area contributed by atoms with Gasteiger partial charge in [0.05, 0.1) is 10.6 Å². The topological polar surface area (TPSA) is 87.0 Å². The van der Waals surface area contributed by atoms with Crippen molar-refractivity contribution in [1.29, 1.82) is 0 Å². The average Bonchev–Trinajstić information content (AvgIpc) is 3.15. The Morgan fingerprint density at radius 1 is 1.06 bits per heavy atom. The van der Waals surface area contributed by atoms with Crippen molar-refractivity contribution < 1.29 is 14.5 Å². The number of non-ortho nitro benzene ring substituents is 1. The largest absolute Gasteiger partial charge is 0.339 e. The van der Waals surface area contributed by atoms with E-state index in [1.54, 1.807) is 21.9 Å². The van der Waals surface area contributed by atoms with Crippen molar-refractivity contribution in [3.05, 3.63) is 68.7 Å². The first-order chi connectivity index (χ1) is 14.9. The molecule has 162 valence electrons. The van der Waals surface area contributed by atoms with Crippen LogP contribution in [0.5, 0.6) is 0 Å². The highest BCUT2D eigenvalue weighted by atomic mass is 79.9. The summed E-state index contributed by atoms with van der Waals surface area (Å²) < 4.78 is 0.839. The molecule has 9 heteroatoms. The van der Waals surface area contributed by atoms with E-state index in [4.69, 9.17) is 0 Å². The average molecular weight is 487 g/mol. The number of nitrogens with zero attached hydrogens (tertiary/aromatic N) is 4. The summed E-state index contributed by atoms with van der Waals surface area (Å²) in [6.45, 7) is 3.57. The van der Waals surface area contributed by atoms with E-state index in [-0.39, 0.29) is 17.5 Å². The SMILES string of the molecule is O=C(C1CCN(c2ccccc2Br)C1=O)N1CCN(Cc2cccc([N+](=O)[O-])c2)CC1. The Morgan fingerprint density at radius 3 is 2.52 bits per heavy atom. The lowest BCUT2D eigenvalue weighted by atomic mass is 10.1. The Bertz CT molecular complexity index is 1010. The highest BCUT2D eigenvalue weighted by molar-refractivity contribution is 9.10. The fourth-order valence-electron chi connectivity index (χ4n) is 4.19. The number of amides is 2. The molecule has 2 saturated heterocycles. The summed E-state index contributed by atoms with van der Waals surface area (Å²) in [5, 5.41) is 11.0. The Hall–Kier alpha value is -2.78. The number of anilines is 1. The summed E-state index contributed by atoms with van der Waals surface area (Å²) in [6, 6.07) is 14.2. The van der Waals surface area contributed by atoms with E-state index < -0.39 is 10.8 Å². The second-order valence-electron chi connectivity index (χ2n) is 7.81. The first-order valence-corrected chi connectivity index (χ1v) is 11.0. The zero-order chi connectivity index (χ0) is 22.0. The Kier molecular flexibility index (Phi) is 6.33. The molecule has 0 spiro atoms. The van der Waals surface area contributed by atoms with Crippen LogP contribution in [0.25, 0.3) is 0 Å². The Balaban J connectivity index is 1.33. The smallest absolute Gasteiger partial charge is 0.269 e. The van der Waals surface area contributed by atoms with Crippen LogP contribution in [-0.4, -0.2) is 59.3 Å². The highest BCUT2D eigenvalue weighted by Gasteiger charge is 2.40. The second kappa shape index (κ2) is 9.15. The quantitative estimate of drug-likeness (QED) is 0.368. The summed E-state index contributed by atoms with van der Waals surface area (Å²) in [5.41, 5.74) is 1.76. The first kappa shape index (κ1) is 21.5. The molecule has 0 saturated carbocycles. The summed E-state index contributed by atoms with van der Waals surface area (Å²) in [4.78, 5) is 42.2. The minimum Gasteiger partial charge on any atom is -0.339 e. The molecule has 2 aromatic rings. The van der Waals surface area contributed by atoms with E-state index in [1.165, 1.54) is 6.07 Å². The van der Waals surface area contributed by atoms with Gasteiger partial charge in [-0.3, -0.25) is 24.6 Å². The Morgan fingerprint density at radius 2 is 1.81 bits per heavy atom. The fraction of sp³-hybridized carbons (Fsp3) is 0.364. The van der Waals surface area contributed by atoms with E-state index in [2.05, 4.69) is 20.8 Å². The van der Waals surface area contributed by atoms with Crippen molar-refractivity contribution in [2.45, 2.75) is 13.0 Å². The van der Waals surface area contributed by atoms with Gasteiger partial charge in [-0.25, -0.2) is 0 Å². The number of nitro benzene ring substituents is 1. The van der Waals surface area contributed by atoms with Crippen LogP contribution in [0.4, 0.5) is 11.4 Å². The molecule has 0 radical (unpaired) electrons. The molecule has 2 heterocycles. The molecule has 1 unspecified atom stereocenters. The lowest BCUT2D eigenvalue weighted by molar-refractivity contribution is -0.384. The molecule has 0 aliphatic carbocycles. The number of carbonyl (C=O) groups is 2. The molecule has 2 aliphatic rings. The number of hydrogen-bond acceptors (Lipinski definition) is 5. The van der Waals surface area contributed by atoms with Gasteiger partial charge in [0, 0.05) is 55.9 Å². The number of halogens is 1. The van der Waals surface area contributed by atoms with Gasteiger partial charge >= 0.3 is 0 Å². The van der Waals surface area contributed by atoms with Crippen LogP contribution < -0.4 is 4.90 Å². The van der Waals surface area contributed by atoms with Crippen LogP contribution in [-0.2, 0) is 16.1 Å².